The smallest absolute Gasteiger partial charge is 0.242 e. The van der Waals surface area contributed by atoms with E-state index in [1.54, 1.807) is 23.3 Å². The highest BCUT2D eigenvalue weighted by molar-refractivity contribution is 7.89. The molecule has 0 aliphatic heterocycles. The first-order valence-electron chi connectivity index (χ1n) is 5.98. The lowest BCUT2D eigenvalue weighted by atomic mass is 10.2. The Balaban J connectivity index is 2.17. The van der Waals surface area contributed by atoms with Crippen LogP contribution < -0.4 is 4.72 Å². The third-order valence-electron chi connectivity index (χ3n) is 2.76. The molecule has 1 aromatic heterocycles. The van der Waals surface area contributed by atoms with Crippen LogP contribution in [0.4, 0.5) is 0 Å². The summed E-state index contributed by atoms with van der Waals surface area (Å²) in [7, 11) is -3.81. The lowest BCUT2D eigenvalue weighted by Gasteiger charge is -2.11. The Kier molecular flexibility index (Phi) is 5.23. The van der Waals surface area contributed by atoms with Crippen LogP contribution in [0.2, 0.25) is 10.0 Å². The summed E-state index contributed by atoms with van der Waals surface area (Å²) in [5, 5.41) is 9.33. The summed E-state index contributed by atoms with van der Waals surface area (Å²) < 4.78 is 28.7. The second kappa shape index (κ2) is 6.76. The zero-order valence-corrected chi connectivity index (χ0v) is 13.2. The zero-order chi connectivity index (χ0) is 15.5. The van der Waals surface area contributed by atoms with Crippen LogP contribution in [0.3, 0.4) is 0 Å². The first-order valence-corrected chi connectivity index (χ1v) is 8.22. The number of halogens is 2. The molecule has 114 valence electrons. The van der Waals surface area contributed by atoms with Crippen molar-refractivity contribution in [3.63, 3.8) is 0 Å². The lowest BCUT2D eigenvalue weighted by molar-refractivity contribution is 0.281. The monoisotopic (exact) mass is 349 g/mol. The van der Waals surface area contributed by atoms with Gasteiger partial charge in [0.1, 0.15) is 4.90 Å². The molecule has 0 atom stereocenters. The molecular formula is C12H13Cl2N3O3S. The van der Waals surface area contributed by atoms with E-state index in [4.69, 9.17) is 28.3 Å². The summed E-state index contributed by atoms with van der Waals surface area (Å²) in [6, 6.07) is 2.68. The molecule has 2 rings (SSSR count). The molecule has 1 heterocycles. The Bertz CT molecular complexity index is 718. The molecule has 0 bridgehead atoms. The van der Waals surface area contributed by atoms with Gasteiger partial charge in [-0.2, -0.15) is 0 Å². The van der Waals surface area contributed by atoms with Gasteiger partial charge in [0.05, 0.1) is 18.0 Å². The van der Waals surface area contributed by atoms with Crippen molar-refractivity contribution in [2.45, 2.75) is 18.0 Å². The minimum atomic E-state index is -3.81. The number of nitrogens with zero attached hydrogens (tertiary/aromatic N) is 2. The van der Waals surface area contributed by atoms with Crippen molar-refractivity contribution in [2.75, 3.05) is 6.54 Å². The summed E-state index contributed by atoms with van der Waals surface area (Å²) in [5.41, 5.74) is 0.263. The van der Waals surface area contributed by atoms with Crippen LogP contribution in [-0.2, 0) is 23.2 Å². The molecule has 1 aromatic carbocycles. The molecule has 9 heteroatoms. The van der Waals surface area contributed by atoms with Crippen molar-refractivity contribution >= 4 is 33.2 Å². The van der Waals surface area contributed by atoms with E-state index >= 15 is 0 Å². The highest BCUT2D eigenvalue weighted by Gasteiger charge is 2.20. The molecule has 0 unspecified atom stereocenters. The molecule has 0 aliphatic rings. The third kappa shape index (κ3) is 3.96. The van der Waals surface area contributed by atoms with E-state index in [1.807, 2.05) is 0 Å². The van der Waals surface area contributed by atoms with Crippen LogP contribution in [-0.4, -0.2) is 29.6 Å². The second-order valence-electron chi connectivity index (χ2n) is 4.23. The maximum Gasteiger partial charge on any atom is 0.242 e. The van der Waals surface area contributed by atoms with Crippen LogP contribution in [0, 0.1) is 0 Å². The van der Waals surface area contributed by atoms with Gasteiger partial charge in [0.25, 0.3) is 0 Å². The fraction of sp³-hybridized carbons (Fsp3) is 0.250. The molecule has 0 fully saturated rings. The summed E-state index contributed by atoms with van der Waals surface area (Å²) in [5.74, 6) is 0. The van der Waals surface area contributed by atoms with Crippen molar-refractivity contribution in [1.29, 1.82) is 0 Å². The lowest BCUT2D eigenvalue weighted by Crippen LogP contribution is -2.27. The number of nitrogens with one attached hydrogen (secondary N) is 1. The number of rotatable bonds is 6. The standard InChI is InChI=1S/C12H13Cl2N3O3S/c13-10-5-9(7-18)12(14)11(6-10)21(19,20)16-2-4-17-3-1-15-8-17/h1,3,5-6,8,16,18H,2,4,7H2. The van der Waals surface area contributed by atoms with Crippen molar-refractivity contribution in [2.24, 2.45) is 0 Å². The summed E-state index contributed by atoms with van der Waals surface area (Å²) in [6.45, 7) is 0.219. The first kappa shape index (κ1) is 16.3. The van der Waals surface area contributed by atoms with Crippen LogP contribution in [0.15, 0.2) is 35.7 Å². The molecule has 0 aliphatic carbocycles. The molecule has 0 amide bonds. The van der Waals surface area contributed by atoms with Gasteiger partial charge in [0.15, 0.2) is 0 Å². The molecule has 21 heavy (non-hydrogen) atoms. The van der Waals surface area contributed by atoms with Crippen molar-refractivity contribution < 1.29 is 13.5 Å². The topological polar surface area (TPSA) is 84.2 Å². The molecule has 2 aromatic rings. The van der Waals surface area contributed by atoms with Gasteiger partial charge in [-0.25, -0.2) is 18.1 Å². The van der Waals surface area contributed by atoms with E-state index in [1.165, 1.54) is 12.1 Å². The third-order valence-corrected chi connectivity index (χ3v) is 5.02. The van der Waals surface area contributed by atoms with Gasteiger partial charge in [-0.3, -0.25) is 0 Å². The number of aliphatic hydroxyl groups is 1. The van der Waals surface area contributed by atoms with E-state index in [9.17, 15) is 8.42 Å². The summed E-state index contributed by atoms with van der Waals surface area (Å²) in [6.07, 6.45) is 4.92. The fourth-order valence-corrected chi connectivity index (χ4v) is 3.68. The van der Waals surface area contributed by atoms with Gasteiger partial charge in [0.2, 0.25) is 10.0 Å². The minimum absolute atomic E-state index is 0.0305. The number of hydrogen-bond donors (Lipinski definition) is 2. The molecule has 6 nitrogen and oxygen atoms in total. The predicted octanol–water partition coefficient (Wildman–Crippen LogP) is 1.66. The van der Waals surface area contributed by atoms with Crippen molar-refractivity contribution in [1.82, 2.24) is 14.3 Å². The van der Waals surface area contributed by atoms with Gasteiger partial charge < -0.3 is 9.67 Å². The predicted molar refractivity (Wildman–Crippen MR) is 79.8 cm³/mol. The molecule has 0 saturated heterocycles. The second-order valence-corrected chi connectivity index (χ2v) is 6.78. The molecule has 0 spiro atoms. The van der Waals surface area contributed by atoms with E-state index < -0.39 is 16.6 Å². The van der Waals surface area contributed by atoms with Gasteiger partial charge in [0, 0.05) is 30.5 Å². The number of imidazole rings is 1. The molecular weight excluding hydrogens is 337 g/mol. The van der Waals surface area contributed by atoms with Crippen LogP contribution in [0.5, 0.6) is 0 Å². The average Bonchev–Trinajstić information content (AvgIpc) is 2.93. The highest BCUT2D eigenvalue weighted by Crippen LogP contribution is 2.29. The van der Waals surface area contributed by atoms with Crippen LogP contribution >= 0.6 is 23.2 Å². The summed E-state index contributed by atoms with van der Waals surface area (Å²) in [4.78, 5) is 3.72. The molecule has 2 N–H and O–H groups in total. The van der Waals surface area contributed by atoms with Gasteiger partial charge in [-0.1, -0.05) is 23.2 Å². The van der Waals surface area contributed by atoms with E-state index in [-0.39, 0.29) is 27.0 Å². The average molecular weight is 350 g/mol. The number of aromatic nitrogens is 2. The van der Waals surface area contributed by atoms with E-state index in [0.29, 0.717) is 6.54 Å². The Morgan fingerprint density at radius 1 is 1.33 bits per heavy atom. The maximum atomic E-state index is 12.2. The molecule has 0 saturated carbocycles. The normalized spacial score (nSPS) is 11.8. The largest absolute Gasteiger partial charge is 0.392 e. The summed E-state index contributed by atoms with van der Waals surface area (Å²) >= 11 is 11.8. The van der Waals surface area contributed by atoms with Gasteiger partial charge >= 0.3 is 0 Å². The first-order chi connectivity index (χ1) is 9.94. The Morgan fingerprint density at radius 3 is 2.71 bits per heavy atom. The number of benzene rings is 1. The fourth-order valence-electron chi connectivity index (χ4n) is 1.73. The van der Waals surface area contributed by atoms with Crippen LogP contribution in [0.25, 0.3) is 0 Å². The molecule has 0 radical (unpaired) electrons. The Labute approximate surface area is 132 Å². The van der Waals surface area contributed by atoms with Crippen LogP contribution in [0.1, 0.15) is 5.56 Å². The SMILES string of the molecule is O=S(=O)(NCCn1ccnc1)c1cc(Cl)cc(CO)c1Cl. The zero-order valence-electron chi connectivity index (χ0n) is 10.8. The van der Waals surface area contributed by atoms with Gasteiger partial charge in [-0.05, 0) is 17.7 Å². The quantitative estimate of drug-likeness (QED) is 0.830. The minimum Gasteiger partial charge on any atom is -0.392 e. The van der Waals surface area contributed by atoms with Crippen molar-refractivity contribution in [3.05, 3.63) is 46.5 Å². The van der Waals surface area contributed by atoms with E-state index in [0.717, 1.165) is 0 Å². The maximum absolute atomic E-state index is 12.2. The number of hydrogen-bond acceptors (Lipinski definition) is 4. The van der Waals surface area contributed by atoms with E-state index in [2.05, 4.69) is 9.71 Å². The number of aliphatic hydroxyl groups excluding tert-OH is 1. The van der Waals surface area contributed by atoms with Gasteiger partial charge in [-0.15, -0.1) is 0 Å². The Morgan fingerprint density at radius 2 is 2.10 bits per heavy atom. The number of sulfonamides is 1. The van der Waals surface area contributed by atoms with Crippen molar-refractivity contribution in [3.8, 4) is 0 Å². The highest BCUT2D eigenvalue weighted by atomic mass is 35.5. The Hall–Kier alpha value is -1.12.